The van der Waals surface area contributed by atoms with Gasteiger partial charge in [-0.05, 0) is 68.7 Å². The summed E-state index contributed by atoms with van der Waals surface area (Å²) >= 11 is 0. The summed E-state index contributed by atoms with van der Waals surface area (Å²) in [4.78, 5) is 0. The van der Waals surface area contributed by atoms with E-state index >= 15 is 0 Å². The smallest absolute Gasteiger partial charge is 0.00494 e. The second-order valence-electron chi connectivity index (χ2n) is 5.52. The molecule has 1 heteroatoms. The van der Waals surface area contributed by atoms with Crippen LogP contribution in [0.3, 0.4) is 0 Å². The summed E-state index contributed by atoms with van der Waals surface area (Å²) in [6, 6.07) is 9.06. The van der Waals surface area contributed by atoms with E-state index in [1.54, 1.807) is 11.1 Å². The quantitative estimate of drug-likeness (QED) is 0.814. The van der Waals surface area contributed by atoms with E-state index in [2.05, 4.69) is 36.5 Å². The van der Waals surface area contributed by atoms with Crippen molar-refractivity contribution in [2.24, 2.45) is 5.92 Å². The molecule has 1 aromatic rings. The minimum absolute atomic E-state index is 0.812. The summed E-state index contributed by atoms with van der Waals surface area (Å²) in [5.41, 5.74) is 3.24. The third kappa shape index (κ3) is 3.32. The zero-order valence-electron chi connectivity index (χ0n) is 11.2. The van der Waals surface area contributed by atoms with Crippen LogP contribution in [0.4, 0.5) is 0 Å². The second kappa shape index (κ2) is 6.20. The number of rotatable bonds is 5. The Balaban J connectivity index is 1.98. The van der Waals surface area contributed by atoms with E-state index in [4.69, 9.17) is 0 Å². The number of hydrogen-bond acceptors (Lipinski definition) is 1. The van der Waals surface area contributed by atoms with Crippen LogP contribution in [0.25, 0.3) is 0 Å². The fraction of sp³-hybridized carbons (Fsp3) is 0.625. The minimum atomic E-state index is 0.812. The lowest BCUT2D eigenvalue weighted by atomic mass is 9.78. The van der Waals surface area contributed by atoms with Gasteiger partial charge in [-0.3, -0.25) is 0 Å². The molecule has 0 saturated heterocycles. The van der Waals surface area contributed by atoms with Crippen LogP contribution in [-0.4, -0.2) is 13.6 Å². The Morgan fingerprint density at radius 1 is 1.35 bits per heavy atom. The molecule has 0 amide bonds. The minimum Gasteiger partial charge on any atom is -0.320 e. The highest BCUT2D eigenvalue weighted by atomic mass is 14.8. The Bertz CT molecular complexity index is 345. The van der Waals surface area contributed by atoms with E-state index in [0.717, 1.165) is 18.4 Å². The number of benzene rings is 1. The highest BCUT2D eigenvalue weighted by Gasteiger charge is 2.21. The molecular weight excluding hydrogens is 206 g/mol. The van der Waals surface area contributed by atoms with E-state index < -0.39 is 0 Å². The Kier molecular flexibility index (Phi) is 4.61. The maximum absolute atomic E-state index is 3.25. The molecule has 0 saturated carbocycles. The van der Waals surface area contributed by atoms with Crippen molar-refractivity contribution in [1.82, 2.24) is 5.32 Å². The fourth-order valence-corrected chi connectivity index (χ4v) is 3.09. The van der Waals surface area contributed by atoms with Crippen molar-refractivity contribution in [1.29, 1.82) is 0 Å². The van der Waals surface area contributed by atoms with Crippen LogP contribution < -0.4 is 5.32 Å². The van der Waals surface area contributed by atoms with Gasteiger partial charge in [-0.25, -0.2) is 0 Å². The first-order chi connectivity index (χ1) is 8.31. The maximum atomic E-state index is 3.25. The molecule has 2 unspecified atom stereocenters. The van der Waals surface area contributed by atoms with Gasteiger partial charge in [0.15, 0.2) is 0 Å². The summed E-state index contributed by atoms with van der Waals surface area (Å²) in [6.07, 6.45) is 6.72. The van der Waals surface area contributed by atoms with Gasteiger partial charge in [0.2, 0.25) is 0 Å². The zero-order chi connectivity index (χ0) is 12.1. The zero-order valence-corrected chi connectivity index (χ0v) is 11.2. The first-order valence-corrected chi connectivity index (χ1v) is 7.03. The Morgan fingerprint density at radius 2 is 2.18 bits per heavy atom. The molecule has 0 radical (unpaired) electrons. The Labute approximate surface area is 106 Å². The molecular formula is C16H25N. The summed E-state index contributed by atoms with van der Waals surface area (Å²) in [5, 5.41) is 3.25. The van der Waals surface area contributed by atoms with Crippen LogP contribution in [0.1, 0.15) is 49.7 Å². The van der Waals surface area contributed by atoms with Crippen LogP contribution >= 0.6 is 0 Å². The van der Waals surface area contributed by atoms with E-state index in [9.17, 15) is 0 Å². The molecule has 0 bridgehead atoms. The average molecular weight is 231 g/mol. The molecule has 2 rings (SSSR count). The van der Waals surface area contributed by atoms with Gasteiger partial charge in [-0.15, -0.1) is 0 Å². The second-order valence-corrected chi connectivity index (χ2v) is 5.52. The van der Waals surface area contributed by atoms with Crippen molar-refractivity contribution in [3.8, 4) is 0 Å². The van der Waals surface area contributed by atoms with Crippen molar-refractivity contribution in [2.75, 3.05) is 13.6 Å². The third-order valence-corrected chi connectivity index (χ3v) is 4.07. The fourth-order valence-electron chi connectivity index (χ4n) is 3.09. The molecule has 17 heavy (non-hydrogen) atoms. The Morgan fingerprint density at radius 3 is 3.00 bits per heavy atom. The van der Waals surface area contributed by atoms with Crippen LogP contribution in [-0.2, 0) is 6.42 Å². The molecule has 0 aromatic heterocycles. The van der Waals surface area contributed by atoms with Crippen LogP contribution in [0.15, 0.2) is 24.3 Å². The predicted molar refractivity (Wildman–Crippen MR) is 74.4 cm³/mol. The highest BCUT2D eigenvalue weighted by molar-refractivity contribution is 5.32. The molecule has 1 aliphatic rings. The van der Waals surface area contributed by atoms with Crippen molar-refractivity contribution < 1.29 is 0 Å². The normalized spacial score (nSPS) is 20.9. The van der Waals surface area contributed by atoms with Gasteiger partial charge in [-0.2, -0.15) is 0 Å². The lowest BCUT2D eigenvalue weighted by molar-refractivity contribution is 0.403. The molecule has 94 valence electrons. The number of nitrogens with one attached hydrogen (secondary N) is 1. The van der Waals surface area contributed by atoms with Gasteiger partial charge in [0.25, 0.3) is 0 Å². The SMILES string of the molecule is CNCCC(C)CC1CCCc2ccccc21. The van der Waals surface area contributed by atoms with Crippen LogP contribution in [0.2, 0.25) is 0 Å². The van der Waals surface area contributed by atoms with E-state index in [1.165, 1.54) is 32.1 Å². The van der Waals surface area contributed by atoms with Gasteiger partial charge in [0.1, 0.15) is 0 Å². The summed E-state index contributed by atoms with van der Waals surface area (Å²) < 4.78 is 0. The van der Waals surface area contributed by atoms with E-state index in [-0.39, 0.29) is 0 Å². The average Bonchev–Trinajstić information content (AvgIpc) is 2.37. The molecule has 0 fully saturated rings. The molecule has 0 aliphatic heterocycles. The van der Waals surface area contributed by atoms with Gasteiger partial charge in [0.05, 0.1) is 0 Å². The van der Waals surface area contributed by atoms with Crippen molar-refractivity contribution in [2.45, 2.75) is 44.9 Å². The van der Waals surface area contributed by atoms with Gasteiger partial charge in [0, 0.05) is 0 Å². The first-order valence-electron chi connectivity index (χ1n) is 7.03. The van der Waals surface area contributed by atoms with E-state index in [0.29, 0.717) is 0 Å². The molecule has 1 N–H and O–H groups in total. The summed E-state index contributed by atoms with van der Waals surface area (Å²) in [5.74, 6) is 1.64. The van der Waals surface area contributed by atoms with E-state index in [1.807, 2.05) is 7.05 Å². The highest BCUT2D eigenvalue weighted by Crippen LogP contribution is 2.36. The van der Waals surface area contributed by atoms with Gasteiger partial charge < -0.3 is 5.32 Å². The first kappa shape index (κ1) is 12.6. The lowest BCUT2D eigenvalue weighted by Gasteiger charge is -2.27. The Hall–Kier alpha value is -0.820. The predicted octanol–water partition coefficient (Wildman–Crippen LogP) is 3.74. The molecule has 1 aromatic carbocycles. The van der Waals surface area contributed by atoms with Gasteiger partial charge in [-0.1, -0.05) is 31.2 Å². The monoisotopic (exact) mass is 231 g/mol. The third-order valence-electron chi connectivity index (χ3n) is 4.07. The maximum Gasteiger partial charge on any atom is -0.00494 e. The number of fused-ring (bicyclic) bond motifs is 1. The van der Waals surface area contributed by atoms with Crippen LogP contribution in [0, 0.1) is 5.92 Å². The summed E-state index contributed by atoms with van der Waals surface area (Å²) in [6.45, 7) is 3.55. The van der Waals surface area contributed by atoms with Crippen LogP contribution in [0.5, 0.6) is 0 Å². The van der Waals surface area contributed by atoms with Crippen molar-refractivity contribution in [3.63, 3.8) is 0 Å². The number of hydrogen-bond donors (Lipinski definition) is 1. The topological polar surface area (TPSA) is 12.0 Å². The standard InChI is InChI=1S/C16H25N/c1-13(10-11-17-2)12-15-8-5-7-14-6-3-4-9-16(14)15/h3-4,6,9,13,15,17H,5,7-8,10-12H2,1-2H3. The lowest BCUT2D eigenvalue weighted by Crippen LogP contribution is -2.16. The summed E-state index contributed by atoms with van der Waals surface area (Å²) in [7, 11) is 2.04. The molecule has 1 aliphatic carbocycles. The molecule has 0 spiro atoms. The van der Waals surface area contributed by atoms with Crippen molar-refractivity contribution in [3.05, 3.63) is 35.4 Å². The molecule has 0 heterocycles. The largest absolute Gasteiger partial charge is 0.320 e. The molecule has 2 atom stereocenters. The van der Waals surface area contributed by atoms with Gasteiger partial charge >= 0.3 is 0 Å². The van der Waals surface area contributed by atoms with Crippen molar-refractivity contribution >= 4 is 0 Å². The number of aryl methyl sites for hydroxylation is 1. The molecule has 1 nitrogen and oxygen atoms in total.